The highest BCUT2D eigenvalue weighted by Gasteiger charge is 2.49. The lowest BCUT2D eigenvalue weighted by atomic mass is 9.99. The Labute approximate surface area is 227 Å². The lowest BCUT2D eigenvalue weighted by Gasteiger charge is -2.39. The Hall–Kier alpha value is -3.15. The van der Waals surface area contributed by atoms with Gasteiger partial charge in [0.25, 0.3) is 5.78 Å². The van der Waals surface area contributed by atoms with Crippen molar-refractivity contribution in [1.29, 1.82) is 0 Å². The third-order valence-corrected chi connectivity index (χ3v) is 7.59. The van der Waals surface area contributed by atoms with Crippen LogP contribution in [-0.2, 0) is 20.8 Å². The molecule has 0 radical (unpaired) electrons. The summed E-state index contributed by atoms with van der Waals surface area (Å²) in [5.74, 6) is -2.86. The summed E-state index contributed by atoms with van der Waals surface area (Å²) in [5.41, 5.74) is 0.456. The summed E-state index contributed by atoms with van der Waals surface area (Å²) in [6.07, 6.45) is -4.10. The minimum Gasteiger partial charge on any atom is -0.326 e. The minimum absolute atomic E-state index is 0.193. The van der Waals surface area contributed by atoms with Gasteiger partial charge in [0.15, 0.2) is 0 Å². The quantitative estimate of drug-likeness (QED) is 0.434. The molecule has 2 fully saturated rings. The number of ketones is 1. The second-order valence-corrected chi connectivity index (χ2v) is 10.5. The molecule has 3 rings (SSSR count). The minimum atomic E-state index is -5.16. The van der Waals surface area contributed by atoms with E-state index in [1.54, 1.807) is 49.1 Å². The number of nitrogens with one attached hydrogen (secondary N) is 2. The van der Waals surface area contributed by atoms with Crippen LogP contribution in [0.2, 0.25) is 0 Å². The summed E-state index contributed by atoms with van der Waals surface area (Å²) in [6, 6.07) is 5.30. The smallest absolute Gasteiger partial charge is 0.326 e. The molecule has 0 spiro atoms. The summed E-state index contributed by atoms with van der Waals surface area (Å²) in [6.45, 7) is 4.79. The van der Waals surface area contributed by atoms with Gasteiger partial charge in [0.2, 0.25) is 12.3 Å². The standard InChI is InChI=1S/C27H38F3N5O4/c1-18(2)23(32-26(39)33-14-11-20(31-3)12-15-33)25(38)34-13-7-10-22(34)35(17-36)21(24(37)27(28,29)30)16-19-8-5-4-6-9-19/h4-6,8-9,17-18,20-23,31H,7,10-16H2,1-3H3,(H,32,39)/t21-,22+,23-/m0/s1. The lowest BCUT2D eigenvalue weighted by Crippen LogP contribution is -2.60. The van der Waals surface area contributed by atoms with Gasteiger partial charge in [-0.1, -0.05) is 44.2 Å². The number of hydrogen-bond donors (Lipinski definition) is 2. The molecule has 2 saturated heterocycles. The van der Waals surface area contributed by atoms with Crippen molar-refractivity contribution in [3.8, 4) is 0 Å². The summed E-state index contributed by atoms with van der Waals surface area (Å²) >= 11 is 0. The van der Waals surface area contributed by atoms with Gasteiger partial charge >= 0.3 is 12.2 Å². The number of likely N-dealkylation sites (tertiary alicyclic amines) is 2. The zero-order chi connectivity index (χ0) is 28.7. The second-order valence-electron chi connectivity index (χ2n) is 10.5. The molecule has 4 amide bonds. The number of piperidine rings is 1. The van der Waals surface area contributed by atoms with Gasteiger partial charge in [-0.2, -0.15) is 13.2 Å². The first kappa shape index (κ1) is 30.4. The van der Waals surface area contributed by atoms with Crippen LogP contribution < -0.4 is 10.6 Å². The number of urea groups is 1. The SMILES string of the molecule is CNC1CCN(C(=O)N[C@H](C(=O)N2CCC[C@H]2N(C=O)[C@@H](Cc2ccccc2)C(=O)C(F)(F)F)C(C)C)CC1. The van der Waals surface area contributed by atoms with Crippen LogP contribution in [0, 0.1) is 5.92 Å². The molecule has 0 bridgehead atoms. The molecular formula is C27H38F3N5O4. The normalized spacial score (nSPS) is 20.0. The van der Waals surface area contributed by atoms with Gasteiger partial charge in [0.1, 0.15) is 18.2 Å². The largest absolute Gasteiger partial charge is 0.452 e. The van der Waals surface area contributed by atoms with E-state index in [4.69, 9.17) is 0 Å². The molecular weight excluding hydrogens is 515 g/mol. The third kappa shape index (κ3) is 7.49. The molecule has 0 aromatic heterocycles. The average Bonchev–Trinajstić information content (AvgIpc) is 3.40. The zero-order valence-corrected chi connectivity index (χ0v) is 22.6. The molecule has 0 aliphatic carbocycles. The number of carbonyl (C=O) groups excluding carboxylic acids is 4. The van der Waals surface area contributed by atoms with Crippen LogP contribution in [0.25, 0.3) is 0 Å². The number of rotatable bonds is 10. The molecule has 9 nitrogen and oxygen atoms in total. The number of halogens is 3. The van der Waals surface area contributed by atoms with Crippen molar-refractivity contribution in [3.05, 3.63) is 35.9 Å². The second kappa shape index (κ2) is 13.3. The van der Waals surface area contributed by atoms with Crippen molar-refractivity contribution in [2.45, 2.75) is 76.4 Å². The van der Waals surface area contributed by atoms with E-state index in [-0.39, 0.29) is 37.7 Å². The number of benzene rings is 1. The predicted octanol–water partition coefficient (Wildman–Crippen LogP) is 2.55. The monoisotopic (exact) mass is 553 g/mol. The van der Waals surface area contributed by atoms with Crippen molar-refractivity contribution in [1.82, 2.24) is 25.3 Å². The van der Waals surface area contributed by atoms with E-state index in [0.29, 0.717) is 31.1 Å². The maximum absolute atomic E-state index is 13.7. The van der Waals surface area contributed by atoms with E-state index < -0.39 is 36.1 Å². The van der Waals surface area contributed by atoms with Crippen LogP contribution in [0.4, 0.5) is 18.0 Å². The number of hydrogen-bond acceptors (Lipinski definition) is 5. The van der Waals surface area contributed by atoms with E-state index in [0.717, 1.165) is 17.7 Å². The summed E-state index contributed by atoms with van der Waals surface area (Å²) < 4.78 is 40.8. The molecule has 2 aliphatic rings. The fourth-order valence-electron chi connectivity index (χ4n) is 5.32. The first-order valence-corrected chi connectivity index (χ1v) is 13.4. The van der Waals surface area contributed by atoms with E-state index in [2.05, 4.69) is 10.6 Å². The fourth-order valence-corrected chi connectivity index (χ4v) is 5.32. The third-order valence-electron chi connectivity index (χ3n) is 7.59. The summed E-state index contributed by atoms with van der Waals surface area (Å²) in [5, 5.41) is 6.00. The van der Waals surface area contributed by atoms with Crippen molar-refractivity contribution >= 4 is 24.1 Å². The highest BCUT2D eigenvalue weighted by molar-refractivity contribution is 5.91. The molecule has 216 valence electrons. The highest BCUT2D eigenvalue weighted by Crippen LogP contribution is 2.29. The van der Waals surface area contributed by atoms with Crippen LogP contribution in [0.3, 0.4) is 0 Å². The summed E-state index contributed by atoms with van der Waals surface area (Å²) in [4.78, 5) is 55.3. The Morgan fingerprint density at radius 3 is 2.26 bits per heavy atom. The number of alkyl halides is 3. The van der Waals surface area contributed by atoms with Crippen LogP contribution in [-0.4, -0.2) is 96.0 Å². The van der Waals surface area contributed by atoms with Crippen molar-refractivity contribution in [3.63, 3.8) is 0 Å². The molecule has 0 saturated carbocycles. The Kier molecular flexibility index (Phi) is 10.3. The van der Waals surface area contributed by atoms with E-state index in [1.807, 2.05) is 7.05 Å². The molecule has 39 heavy (non-hydrogen) atoms. The van der Waals surface area contributed by atoms with Crippen LogP contribution >= 0.6 is 0 Å². The molecule has 1 aromatic carbocycles. The number of amides is 4. The van der Waals surface area contributed by atoms with Crippen molar-refractivity contribution in [2.24, 2.45) is 5.92 Å². The Balaban J connectivity index is 1.81. The zero-order valence-electron chi connectivity index (χ0n) is 22.6. The van der Waals surface area contributed by atoms with Gasteiger partial charge in [0, 0.05) is 32.1 Å². The molecule has 2 heterocycles. The van der Waals surface area contributed by atoms with E-state index >= 15 is 0 Å². The van der Waals surface area contributed by atoms with Crippen LogP contribution in [0.1, 0.15) is 45.1 Å². The molecule has 3 atom stereocenters. The Bertz CT molecular complexity index is 999. The maximum Gasteiger partial charge on any atom is 0.452 e. The molecule has 12 heteroatoms. The number of carbonyl (C=O) groups is 4. The Morgan fingerprint density at radius 1 is 1.08 bits per heavy atom. The maximum atomic E-state index is 13.7. The number of nitrogens with zero attached hydrogens (tertiary/aromatic N) is 3. The average molecular weight is 554 g/mol. The molecule has 2 aliphatic heterocycles. The molecule has 1 aromatic rings. The summed E-state index contributed by atoms with van der Waals surface area (Å²) in [7, 11) is 1.87. The van der Waals surface area contributed by atoms with Crippen molar-refractivity contribution < 1.29 is 32.3 Å². The van der Waals surface area contributed by atoms with Crippen LogP contribution in [0.5, 0.6) is 0 Å². The predicted molar refractivity (Wildman–Crippen MR) is 138 cm³/mol. The molecule has 2 N–H and O–H groups in total. The van der Waals surface area contributed by atoms with Crippen molar-refractivity contribution in [2.75, 3.05) is 26.7 Å². The van der Waals surface area contributed by atoms with Gasteiger partial charge in [-0.15, -0.1) is 0 Å². The molecule has 0 unspecified atom stereocenters. The van der Waals surface area contributed by atoms with Gasteiger partial charge in [-0.3, -0.25) is 14.4 Å². The van der Waals surface area contributed by atoms with Gasteiger partial charge in [-0.05, 0) is 44.2 Å². The fraction of sp³-hybridized carbons (Fsp3) is 0.630. The number of Topliss-reactive ketones (excluding diaryl/α,β-unsaturated/α-hetero) is 1. The first-order valence-electron chi connectivity index (χ1n) is 13.4. The van der Waals surface area contributed by atoms with Gasteiger partial charge < -0.3 is 25.3 Å². The van der Waals surface area contributed by atoms with E-state index in [9.17, 15) is 32.3 Å². The van der Waals surface area contributed by atoms with Gasteiger partial charge in [0.05, 0.1) is 0 Å². The Morgan fingerprint density at radius 2 is 1.72 bits per heavy atom. The topological polar surface area (TPSA) is 102 Å². The first-order chi connectivity index (χ1) is 18.5. The van der Waals surface area contributed by atoms with Gasteiger partial charge in [-0.25, -0.2) is 4.79 Å². The van der Waals surface area contributed by atoms with E-state index in [1.165, 1.54) is 4.90 Å². The van der Waals surface area contributed by atoms with Crippen LogP contribution in [0.15, 0.2) is 30.3 Å². The highest BCUT2D eigenvalue weighted by atomic mass is 19.4. The lowest BCUT2D eigenvalue weighted by molar-refractivity contribution is -0.179.